The Balaban J connectivity index is 3.16. The molecular formula is C13H20BrN3O4S. The molecule has 0 amide bonds. The van der Waals surface area contributed by atoms with Gasteiger partial charge in [0, 0.05) is 28.2 Å². The van der Waals surface area contributed by atoms with Crippen molar-refractivity contribution in [2.75, 3.05) is 6.54 Å². The Morgan fingerprint density at radius 1 is 1.36 bits per heavy atom. The van der Waals surface area contributed by atoms with Gasteiger partial charge in [-0.15, -0.1) is 0 Å². The summed E-state index contributed by atoms with van der Waals surface area (Å²) in [4.78, 5) is 10.2. The van der Waals surface area contributed by atoms with Crippen molar-refractivity contribution in [2.24, 2.45) is 5.73 Å². The second-order valence-electron chi connectivity index (χ2n) is 5.20. The zero-order valence-corrected chi connectivity index (χ0v) is 15.1. The number of nitro benzene ring substituents is 1. The highest BCUT2D eigenvalue weighted by molar-refractivity contribution is 9.10. The van der Waals surface area contributed by atoms with E-state index < -0.39 is 20.5 Å². The minimum atomic E-state index is -3.87. The lowest BCUT2D eigenvalue weighted by Crippen LogP contribution is -2.49. The summed E-state index contributed by atoms with van der Waals surface area (Å²) in [6.45, 7) is 5.38. The van der Waals surface area contributed by atoms with E-state index >= 15 is 0 Å². The minimum Gasteiger partial charge on any atom is -0.324 e. The third-order valence-electron chi connectivity index (χ3n) is 3.82. The third-order valence-corrected chi connectivity index (χ3v) is 6.02. The van der Waals surface area contributed by atoms with E-state index in [1.54, 1.807) is 6.92 Å². The molecule has 0 fully saturated rings. The number of rotatable bonds is 7. The fourth-order valence-corrected chi connectivity index (χ4v) is 3.59. The maximum Gasteiger partial charge on any atom is 0.274 e. The molecule has 0 saturated heterocycles. The largest absolute Gasteiger partial charge is 0.324 e. The number of hydrogen-bond donors (Lipinski definition) is 2. The van der Waals surface area contributed by atoms with Gasteiger partial charge < -0.3 is 5.73 Å². The molecule has 0 aromatic heterocycles. The molecule has 7 nitrogen and oxygen atoms in total. The molecule has 9 heteroatoms. The summed E-state index contributed by atoms with van der Waals surface area (Å²) in [5.41, 5.74) is 5.56. The standard InChI is InChI=1S/C13H20BrN3O4S/c1-4-13(15,5-2)8-16-22(20,21)10-6-11(14)9(3)12(7-10)17(18)19/h6-7,16H,4-5,8,15H2,1-3H3. The van der Waals surface area contributed by atoms with E-state index in [-0.39, 0.29) is 17.1 Å². The van der Waals surface area contributed by atoms with Gasteiger partial charge in [-0.05, 0) is 25.8 Å². The molecule has 0 bridgehead atoms. The van der Waals surface area contributed by atoms with Crippen LogP contribution in [0.15, 0.2) is 21.5 Å². The van der Waals surface area contributed by atoms with E-state index in [1.807, 2.05) is 13.8 Å². The van der Waals surface area contributed by atoms with Crippen molar-refractivity contribution in [1.82, 2.24) is 4.72 Å². The first-order chi connectivity index (χ1) is 10.1. The van der Waals surface area contributed by atoms with Gasteiger partial charge in [-0.1, -0.05) is 29.8 Å². The number of hydrogen-bond acceptors (Lipinski definition) is 5. The lowest BCUT2D eigenvalue weighted by atomic mass is 9.95. The Kier molecular flexibility index (Phi) is 6.08. The van der Waals surface area contributed by atoms with Crippen LogP contribution < -0.4 is 10.5 Å². The topological polar surface area (TPSA) is 115 Å². The Labute approximate surface area is 138 Å². The molecule has 22 heavy (non-hydrogen) atoms. The first-order valence-corrected chi connectivity index (χ1v) is 9.07. The number of halogens is 1. The van der Waals surface area contributed by atoms with Crippen LogP contribution >= 0.6 is 15.9 Å². The van der Waals surface area contributed by atoms with Crippen LogP contribution in [0.3, 0.4) is 0 Å². The van der Waals surface area contributed by atoms with E-state index in [4.69, 9.17) is 5.73 Å². The molecule has 0 aliphatic carbocycles. The molecule has 0 aliphatic heterocycles. The lowest BCUT2D eigenvalue weighted by molar-refractivity contribution is -0.385. The maximum absolute atomic E-state index is 12.3. The fraction of sp³-hybridized carbons (Fsp3) is 0.538. The smallest absolute Gasteiger partial charge is 0.274 e. The molecule has 124 valence electrons. The van der Waals surface area contributed by atoms with Crippen molar-refractivity contribution in [3.8, 4) is 0 Å². The van der Waals surface area contributed by atoms with Crippen molar-refractivity contribution >= 4 is 31.6 Å². The van der Waals surface area contributed by atoms with E-state index in [0.717, 1.165) is 6.07 Å². The molecule has 0 aliphatic rings. The molecule has 0 spiro atoms. The SMILES string of the molecule is CCC(N)(CC)CNS(=O)(=O)c1cc(Br)c(C)c([N+](=O)[O-])c1. The van der Waals surface area contributed by atoms with Gasteiger partial charge in [0.25, 0.3) is 5.69 Å². The van der Waals surface area contributed by atoms with Crippen molar-refractivity contribution < 1.29 is 13.3 Å². The van der Waals surface area contributed by atoms with Crippen LogP contribution in [-0.2, 0) is 10.0 Å². The normalized spacial score (nSPS) is 12.4. The minimum absolute atomic E-state index is 0.0711. The van der Waals surface area contributed by atoms with Crippen LogP contribution in [-0.4, -0.2) is 25.4 Å². The van der Waals surface area contributed by atoms with Gasteiger partial charge in [0.2, 0.25) is 10.0 Å². The van der Waals surface area contributed by atoms with Crippen LogP contribution in [0.1, 0.15) is 32.3 Å². The van der Waals surface area contributed by atoms with Crippen LogP contribution in [0.25, 0.3) is 0 Å². The van der Waals surface area contributed by atoms with Gasteiger partial charge in [-0.25, -0.2) is 13.1 Å². The summed E-state index contributed by atoms with van der Waals surface area (Å²) in [7, 11) is -3.87. The van der Waals surface area contributed by atoms with E-state index in [2.05, 4.69) is 20.7 Å². The summed E-state index contributed by atoms with van der Waals surface area (Å²) in [6, 6.07) is 2.40. The summed E-state index contributed by atoms with van der Waals surface area (Å²) in [5, 5.41) is 11.0. The van der Waals surface area contributed by atoms with Gasteiger partial charge in [0.1, 0.15) is 0 Å². The van der Waals surface area contributed by atoms with Crippen molar-refractivity contribution in [2.45, 2.75) is 44.0 Å². The summed E-state index contributed by atoms with van der Waals surface area (Å²) < 4.78 is 27.5. The highest BCUT2D eigenvalue weighted by atomic mass is 79.9. The lowest BCUT2D eigenvalue weighted by Gasteiger charge is -2.26. The van der Waals surface area contributed by atoms with Crippen LogP contribution in [0.2, 0.25) is 0 Å². The highest BCUT2D eigenvalue weighted by Gasteiger charge is 2.26. The Morgan fingerprint density at radius 2 is 1.91 bits per heavy atom. The van der Waals surface area contributed by atoms with Gasteiger partial charge in [-0.2, -0.15) is 0 Å². The maximum atomic E-state index is 12.3. The van der Waals surface area contributed by atoms with Crippen LogP contribution in [0.5, 0.6) is 0 Å². The van der Waals surface area contributed by atoms with E-state index in [1.165, 1.54) is 6.07 Å². The van der Waals surface area contributed by atoms with E-state index in [0.29, 0.717) is 22.9 Å². The van der Waals surface area contributed by atoms with Gasteiger partial charge in [-0.3, -0.25) is 10.1 Å². The monoisotopic (exact) mass is 393 g/mol. The molecule has 0 heterocycles. The molecule has 1 rings (SSSR count). The van der Waals surface area contributed by atoms with E-state index in [9.17, 15) is 18.5 Å². The van der Waals surface area contributed by atoms with Crippen molar-refractivity contribution in [1.29, 1.82) is 0 Å². The average molecular weight is 394 g/mol. The highest BCUT2D eigenvalue weighted by Crippen LogP contribution is 2.29. The fourth-order valence-electron chi connectivity index (χ4n) is 1.81. The number of nitrogens with zero attached hydrogens (tertiary/aromatic N) is 1. The molecule has 1 aromatic rings. The number of nitrogens with two attached hydrogens (primary N) is 1. The van der Waals surface area contributed by atoms with Crippen LogP contribution in [0, 0.1) is 17.0 Å². The average Bonchev–Trinajstić information content (AvgIpc) is 2.47. The van der Waals surface area contributed by atoms with Gasteiger partial charge in [0.05, 0.1) is 9.82 Å². The molecular weight excluding hydrogens is 374 g/mol. The number of nitrogens with one attached hydrogen (secondary N) is 1. The summed E-state index contributed by atoms with van der Waals surface area (Å²) in [5.74, 6) is 0. The summed E-state index contributed by atoms with van der Waals surface area (Å²) >= 11 is 3.15. The van der Waals surface area contributed by atoms with Crippen LogP contribution in [0.4, 0.5) is 5.69 Å². The first kappa shape index (κ1) is 19.0. The van der Waals surface area contributed by atoms with Gasteiger partial charge >= 0.3 is 0 Å². The molecule has 0 unspecified atom stereocenters. The summed E-state index contributed by atoms with van der Waals surface area (Å²) in [6.07, 6.45) is 1.23. The van der Waals surface area contributed by atoms with Crippen molar-refractivity contribution in [3.05, 3.63) is 32.3 Å². The molecule has 1 aromatic carbocycles. The molecule has 3 N–H and O–H groups in total. The first-order valence-electron chi connectivity index (χ1n) is 6.79. The molecule has 0 radical (unpaired) electrons. The Morgan fingerprint density at radius 3 is 2.36 bits per heavy atom. The van der Waals surface area contributed by atoms with Gasteiger partial charge in [0.15, 0.2) is 0 Å². The predicted molar refractivity (Wildman–Crippen MR) is 88.2 cm³/mol. The second kappa shape index (κ2) is 7.03. The van der Waals surface area contributed by atoms with Crippen molar-refractivity contribution in [3.63, 3.8) is 0 Å². The molecule has 0 atom stereocenters. The molecule has 0 saturated carbocycles. The quantitative estimate of drug-likeness (QED) is 0.545. The second-order valence-corrected chi connectivity index (χ2v) is 7.82. The Hall–Kier alpha value is -1.03. The number of nitro groups is 1. The Bertz CT molecular complexity index is 672. The number of benzene rings is 1. The third kappa shape index (κ3) is 4.25. The zero-order chi connectivity index (χ0) is 17.1. The number of sulfonamides is 1. The predicted octanol–water partition coefficient (Wildman–Crippen LogP) is 2.46. The zero-order valence-electron chi connectivity index (χ0n) is 12.7.